The highest BCUT2D eigenvalue weighted by molar-refractivity contribution is 6.00. The maximum atomic E-state index is 13.0. The molecule has 0 aliphatic carbocycles. The molecule has 2 fully saturated rings. The van der Waals surface area contributed by atoms with E-state index in [4.69, 9.17) is 4.74 Å². The first-order chi connectivity index (χ1) is 15.0. The first kappa shape index (κ1) is 23.2. The zero-order valence-corrected chi connectivity index (χ0v) is 18.6. The summed E-state index contributed by atoms with van der Waals surface area (Å²) in [7, 11) is 1.64. The molecular formula is C23H34N4O4. The zero-order chi connectivity index (χ0) is 22.2. The fraction of sp³-hybridized carbons (Fsp3) is 0.609. The van der Waals surface area contributed by atoms with E-state index in [9.17, 15) is 14.4 Å². The van der Waals surface area contributed by atoms with Gasteiger partial charge in [-0.2, -0.15) is 0 Å². The number of nitrogens with one attached hydrogen (secondary N) is 1. The molecule has 0 radical (unpaired) electrons. The van der Waals surface area contributed by atoms with Gasteiger partial charge in [-0.1, -0.05) is 19.1 Å². The molecule has 1 unspecified atom stereocenters. The van der Waals surface area contributed by atoms with Crippen LogP contribution in [0.5, 0.6) is 0 Å². The third-order valence-electron chi connectivity index (χ3n) is 6.03. The normalized spacial score (nSPS) is 19.7. The van der Waals surface area contributed by atoms with E-state index in [1.54, 1.807) is 12.0 Å². The molecule has 0 saturated carbocycles. The van der Waals surface area contributed by atoms with Gasteiger partial charge < -0.3 is 19.9 Å². The summed E-state index contributed by atoms with van der Waals surface area (Å²) in [6, 6.07) is 7.99. The summed E-state index contributed by atoms with van der Waals surface area (Å²) in [5.74, 6) is -0.243. The predicted octanol–water partition coefficient (Wildman–Crippen LogP) is 0.899. The van der Waals surface area contributed by atoms with E-state index in [0.717, 1.165) is 18.5 Å². The highest BCUT2D eigenvalue weighted by Gasteiger charge is 2.38. The molecule has 31 heavy (non-hydrogen) atoms. The molecular weight excluding hydrogens is 396 g/mol. The van der Waals surface area contributed by atoms with Crippen molar-refractivity contribution < 1.29 is 19.1 Å². The van der Waals surface area contributed by atoms with E-state index < -0.39 is 0 Å². The lowest BCUT2D eigenvalue weighted by Gasteiger charge is -2.35. The fourth-order valence-electron chi connectivity index (χ4n) is 4.12. The Bertz CT molecular complexity index is 759. The standard InChI is InChI=1S/C23H34N4O4/c1-3-18-5-7-20(8-6-18)27-16-19(15-22(27)29)23(30)26-12-10-25(11-13-26)17-21(28)24-9-4-14-31-2/h5-8,19H,3-4,9-17H2,1-2H3,(H,24,28). The minimum atomic E-state index is -0.297. The highest BCUT2D eigenvalue weighted by atomic mass is 16.5. The Morgan fingerprint density at radius 2 is 1.84 bits per heavy atom. The maximum Gasteiger partial charge on any atom is 0.234 e. The number of carbonyl (C=O) groups is 3. The summed E-state index contributed by atoms with van der Waals surface area (Å²) >= 11 is 0. The number of hydrogen-bond donors (Lipinski definition) is 1. The van der Waals surface area contributed by atoms with Crippen molar-refractivity contribution in [3.8, 4) is 0 Å². The van der Waals surface area contributed by atoms with E-state index >= 15 is 0 Å². The predicted molar refractivity (Wildman–Crippen MR) is 119 cm³/mol. The molecule has 0 spiro atoms. The summed E-state index contributed by atoms with van der Waals surface area (Å²) in [4.78, 5) is 43.2. The van der Waals surface area contributed by atoms with Crippen molar-refractivity contribution in [2.45, 2.75) is 26.2 Å². The third-order valence-corrected chi connectivity index (χ3v) is 6.03. The zero-order valence-electron chi connectivity index (χ0n) is 18.6. The summed E-state index contributed by atoms with van der Waals surface area (Å²) in [5, 5.41) is 2.89. The SMILES string of the molecule is CCc1ccc(N2CC(C(=O)N3CCN(CC(=O)NCCCOC)CC3)CC2=O)cc1. The van der Waals surface area contributed by atoms with Crippen molar-refractivity contribution in [3.05, 3.63) is 29.8 Å². The second-order valence-corrected chi connectivity index (χ2v) is 8.22. The van der Waals surface area contributed by atoms with Crippen LogP contribution in [-0.4, -0.2) is 87.1 Å². The Hall–Kier alpha value is -2.45. The second-order valence-electron chi connectivity index (χ2n) is 8.22. The van der Waals surface area contributed by atoms with Gasteiger partial charge in [0, 0.05) is 65.1 Å². The van der Waals surface area contributed by atoms with E-state index in [0.29, 0.717) is 52.4 Å². The molecule has 3 rings (SSSR count). The lowest BCUT2D eigenvalue weighted by Crippen LogP contribution is -2.52. The minimum absolute atomic E-state index is 0.00185. The van der Waals surface area contributed by atoms with Gasteiger partial charge in [-0.05, 0) is 30.5 Å². The van der Waals surface area contributed by atoms with Crippen LogP contribution in [0, 0.1) is 5.92 Å². The van der Waals surface area contributed by atoms with Crippen LogP contribution in [0.15, 0.2) is 24.3 Å². The van der Waals surface area contributed by atoms with Crippen LogP contribution < -0.4 is 10.2 Å². The Morgan fingerprint density at radius 3 is 2.48 bits per heavy atom. The van der Waals surface area contributed by atoms with E-state index in [1.165, 1.54) is 5.56 Å². The lowest BCUT2D eigenvalue weighted by atomic mass is 10.1. The van der Waals surface area contributed by atoms with Gasteiger partial charge >= 0.3 is 0 Å². The van der Waals surface area contributed by atoms with Crippen LogP contribution in [0.1, 0.15) is 25.3 Å². The van der Waals surface area contributed by atoms with Crippen molar-refractivity contribution in [2.24, 2.45) is 5.92 Å². The molecule has 2 saturated heterocycles. The molecule has 1 atom stereocenters. The molecule has 2 aliphatic rings. The van der Waals surface area contributed by atoms with Crippen LogP contribution in [0.4, 0.5) is 5.69 Å². The van der Waals surface area contributed by atoms with Gasteiger partial charge in [-0.3, -0.25) is 19.3 Å². The number of ether oxygens (including phenoxy) is 1. The van der Waals surface area contributed by atoms with Crippen molar-refractivity contribution >= 4 is 23.4 Å². The Morgan fingerprint density at radius 1 is 1.13 bits per heavy atom. The molecule has 170 valence electrons. The molecule has 3 amide bonds. The lowest BCUT2D eigenvalue weighted by molar-refractivity contribution is -0.137. The Balaban J connectivity index is 1.44. The number of amides is 3. The molecule has 1 aromatic rings. The van der Waals surface area contributed by atoms with Gasteiger partial charge in [0.25, 0.3) is 0 Å². The first-order valence-electron chi connectivity index (χ1n) is 11.2. The van der Waals surface area contributed by atoms with E-state index in [1.807, 2.05) is 29.2 Å². The summed E-state index contributed by atoms with van der Waals surface area (Å²) in [5.41, 5.74) is 2.09. The first-order valence-corrected chi connectivity index (χ1v) is 11.2. The van der Waals surface area contributed by atoms with Crippen LogP contribution in [0.25, 0.3) is 0 Å². The number of nitrogens with zero attached hydrogens (tertiary/aromatic N) is 3. The Kier molecular flexibility index (Phi) is 8.43. The average molecular weight is 431 g/mol. The van der Waals surface area contributed by atoms with Crippen molar-refractivity contribution in [2.75, 3.05) is 64.4 Å². The quantitative estimate of drug-likeness (QED) is 0.589. The number of piperazine rings is 1. The highest BCUT2D eigenvalue weighted by Crippen LogP contribution is 2.27. The maximum absolute atomic E-state index is 13.0. The van der Waals surface area contributed by atoms with Gasteiger partial charge in [0.05, 0.1) is 12.5 Å². The van der Waals surface area contributed by atoms with Gasteiger partial charge in [-0.15, -0.1) is 0 Å². The van der Waals surface area contributed by atoms with Crippen LogP contribution in [-0.2, 0) is 25.5 Å². The van der Waals surface area contributed by atoms with Crippen LogP contribution in [0.3, 0.4) is 0 Å². The number of anilines is 1. The van der Waals surface area contributed by atoms with Crippen molar-refractivity contribution in [1.82, 2.24) is 15.1 Å². The second kappa shape index (κ2) is 11.2. The van der Waals surface area contributed by atoms with Crippen molar-refractivity contribution in [1.29, 1.82) is 0 Å². The number of rotatable bonds is 9. The Labute approximate surface area is 184 Å². The largest absolute Gasteiger partial charge is 0.385 e. The number of hydrogen-bond acceptors (Lipinski definition) is 5. The molecule has 0 bridgehead atoms. The van der Waals surface area contributed by atoms with Crippen LogP contribution >= 0.6 is 0 Å². The van der Waals surface area contributed by atoms with Gasteiger partial charge in [0.15, 0.2) is 0 Å². The monoisotopic (exact) mass is 430 g/mol. The topological polar surface area (TPSA) is 82.2 Å². The molecule has 0 aromatic heterocycles. The molecule has 8 heteroatoms. The third kappa shape index (κ3) is 6.27. The van der Waals surface area contributed by atoms with Crippen LogP contribution in [0.2, 0.25) is 0 Å². The van der Waals surface area contributed by atoms with Gasteiger partial charge in [0.2, 0.25) is 17.7 Å². The van der Waals surface area contributed by atoms with Gasteiger partial charge in [-0.25, -0.2) is 0 Å². The van der Waals surface area contributed by atoms with E-state index in [-0.39, 0.29) is 30.1 Å². The van der Waals surface area contributed by atoms with Crippen molar-refractivity contribution in [3.63, 3.8) is 0 Å². The molecule has 8 nitrogen and oxygen atoms in total. The molecule has 2 aliphatic heterocycles. The fourth-order valence-corrected chi connectivity index (χ4v) is 4.12. The molecule has 1 aromatic carbocycles. The van der Waals surface area contributed by atoms with Gasteiger partial charge in [0.1, 0.15) is 0 Å². The number of carbonyl (C=O) groups excluding carboxylic acids is 3. The molecule has 2 heterocycles. The smallest absolute Gasteiger partial charge is 0.234 e. The number of benzene rings is 1. The van der Waals surface area contributed by atoms with E-state index in [2.05, 4.69) is 17.1 Å². The summed E-state index contributed by atoms with van der Waals surface area (Å²) in [6.45, 7) is 6.63. The molecule has 1 N–H and O–H groups in total. The number of methoxy groups -OCH3 is 1. The summed E-state index contributed by atoms with van der Waals surface area (Å²) < 4.78 is 4.97. The number of aryl methyl sites for hydroxylation is 1. The minimum Gasteiger partial charge on any atom is -0.385 e. The summed E-state index contributed by atoms with van der Waals surface area (Å²) in [6.07, 6.45) is 2.01. The average Bonchev–Trinajstić information content (AvgIpc) is 3.18.